The van der Waals surface area contributed by atoms with Crippen molar-refractivity contribution in [2.75, 3.05) is 19.6 Å². The molecular weight excluding hydrogens is 232 g/mol. The van der Waals surface area contributed by atoms with Gasteiger partial charge in [0, 0.05) is 19.6 Å². The summed E-state index contributed by atoms with van der Waals surface area (Å²) in [6.07, 6.45) is 2.70. The third-order valence-corrected chi connectivity index (χ3v) is 4.06. The van der Waals surface area contributed by atoms with Crippen molar-refractivity contribution in [2.45, 2.75) is 46.7 Å². The van der Waals surface area contributed by atoms with Crippen LogP contribution in [0.15, 0.2) is 24.3 Å². The minimum Gasteiger partial charge on any atom is -0.313 e. The molecule has 0 aliphatic carbocycles. The Morgan fingerprint density at radius 3 is 2.63 bits per heavy atom. The van der Waals surface area contributed by atoms with Gasteiger partial charge in [0.05, 0.1) is 0 Å². The molecular formula is C17H28N2. The monoisotopic (exact) mass is 260 g/mol. The lowest BCUT2D eigenvalue weighted by Gasteiger charge is -2.38. The summed E-state index contributed by atoms with van der Waals surface area (Å²) >= 11 is 0. The van der Waals surface area contributed by atoms with E-state index in [4.69, 9.17) is 0 Å². The zero-order valence-electron chi connectivity index (χ0n) is 12.7. The minimum absolute atomic E-state index is 0.481. The summed E-state index contributed by atoms with van der Waals surface area (Å²) in [7, 11) is 0. The van der Waals surface area contributed by atoms with E-state index < -0.39 is 0 Å². The number of hydrogen-bond donors (Lipinski definition) is 1. The first kappa shape index (κ1) is 14.5. The molecule has 1 N–H and O–H groups in total. The van der Waals surface area contributed by atoms with Crippen molar-refractivity contribution in [1.82, 2.24) is 10.2 Å². The summed E-state index contributed by atoms with van der Waals surface area (Å²) < 4.78 is 0. The van der Waals surface area contributed by atoms with E-state index in [2.05, 4.69) is 55.3 Å². The summed E-state index contributed by atoms with van der Waals surface area (Å²) in [5.74, 6) is 0. The molecule has 2 rings (SSSR count). The van der Waals surface area contributed by atoms with Gasteiger partial charge in [-0.3, -0.25) is 4.90 Å². The molecule has 106 valence electrons. The Morgan fingerprint density at radius 2 is 1.95 bits per heavy atom. The Morgan fingerprint density at radius 1 is 1.21 bits per heavy atom. The molecule has 2 nitrogen and oxygen atoms in total. The second-order valence-corrected chi connectivity index (χ2v) is 6.53. The van der Waals surface area contributed by atoms with E-state index in [-0.39, 0.29) is 0 Å². The van der Waals surface area contributed by atoms with Crippen molar-refractivity contribution in [1.29, 1.82) is 0 Å². The smallest absolute Gasteiger partial charge is 0.0237 e. The molecule has 1 saturated heterocycles. The van der Waals surface area contributed by atoms with Gasteiger partial charge in [0.1, 0.15) is 0 Å². The molecule has 1 aliphatic heterocycles. The predicted molar refractivity (Wildman–Crippen MR) is 82.1 cm³/mol. The van der Waals surface area contributed by atoms with Gasteiger partial charge >= 0.3 is 0 Å². The van der Waals surface area contributed by atoms with E-state index in [0.717, 1.165) is 19.6 Å². The average molecular weight is 260 g/mol. The quantitative estimate of drug-likeness (QED) is 0.872. The molecule has 0 atom stereocenters. The highest BCUT2D eigenvalue weighted by Gasteiger charge is 2.26. The van der Waals surface area contributed by atoms with E-state index in [0.29, 0.717) is 5.41 Å². The minimum atomic E-state index is 0.481. The third kappa shape index (κ3) is 4.32. The lowest BCUT2D eigenvalue weighted by atomic mass is 9.84. The predicted octanol–water partition coefficient (Wildman–Crippen LogP) is 3.42. The van der Waals surface area contributed by atoms with Gasteiger partial charge in [-0.25, -0.2) is 0 Å². The maximum atomic E-state index is 3.44. The number of piperidine rings is 1. The van der Waals surface area contributed by atoms with Crippen LogP contribution < -0.4 is 5.32 Å². The first-order chi connectivity index (χ1) is 9.11. The highest BCUT2D eigenvalue weighted by Crippen LogP contribution is 2.29. The Hall–Kier alpha value is -0.860. The molecule has 0 bridgehead atoms. The van der Waals surface area contributed by atoms with Crippen molar-refractivity contribution in [3.63, 3.8) is 0 Å². The zero-order chi connectivity index (χ0) is 13.7. The molecule has 1 aromatic rings. The van der Waals surface area contributed by atoms with Crippen molar-refractivity contribution in [3.05, 3.63) is 35.4 Å². The number of benzene rings is 1. The molecule has 1 heterocycles. The van der Waals surface area contributed by atoms with Crippen molar-refractivity contribution >= 4 is 0 Å². The molecule has 1 aliphatic rings. The van der Waals surface area contributed by atoms with Gasteiger partial charge in [0.25, 0.3) is 0 Å². The molecule has 0 saturated carbocycles. The van der Waals surface area contributed by atoms with Crippen LogP contribution in [-0.4, -0.2) is 24.5 Å². The van der Waals surface area contributed by atoms with Gasteiger partial charge in [-0.05, 0) is 42.5 Å². The van der Waals surface area contributed by atoms with Gasteiger partial charge in [0.2, 0.25) is 0 Å². The van der Waals surface area contributed by atoms with E-state index in [9.17, 15) is 0 Å². The van der Waals surface area contributed by atoms with Gasteiger partial charge < -0.3 is 5.32 Å². The molecule has 1 fully saturated rings. The van der Waals surface area contributed by atoms with Gasteiger partial charge in [-0.15, -0.1) is 0 Å². The second kappa shape index (κ2) is 6.53. The molecule has 2 heteroatoms. The summed E-state index contributed by atoms with van der Waals surface area (Å²) in [5.41, 5.74) is 3.42. The lowest BCUT2D eigenvalue weighted by molar-refractivity contribution is 0.111. The number of rotatable bonds is 5. The zero-order valence-corrected chi connectivity index (χ0v) is 12.7. The fourth-order valence-corrected chi connectivity index (χ4v) is 3.06. The normalized spacial score (nSPS) is 19.5. The van der Waals surface area contributed by atoms with Crippen LogP contribution in [0.25, 0.3) is 0 Å². The number of nitrogens with one attached hydrogen (secondary N) is 1. The summed E-state index contributed by atoms with van der Waals surface area (Å²) in [4.78, 5) is 2.62. The van der Waals surface area contributed by atoms with E-state index in [1.165, 1.54) is 37.1 Å². The summed E-state index contributed by atoms with van der Waals surface area (Å²) in [6.45, 7) is 12.5. The van der Waals surface area contributed by atoms with Crippen molar-refractivity contribution < 1.29 is 0 Å². The van der Waals surface area contributed by atoms with E-state index >= 15 is 0 Å². The molecule has 0 unspecified atom stereocenters. The standard InChI is InChI=1S/C17H28N2/c1-4-18-12-15-8-5-6-9-16(15)13-19-11-7-10-17(2,3)14-19/h5-6,8-9,18H,4,7,10-14H2,1-3H3. The van der Waals surface area contributed by atoms with Gasteiger partial charge in [-0.2, -0.15) is 0 Å². The van der Waals surface area contributed by atoms with Crippen LogP contribution in [0.2, 0.25) is 0 Å². The second-order valence-electron chi connectivity index (χ2n) is 6.53. The SMILES string of the molecule is CCNCc1ccccc1CN1CCCC(C)(C)C1. The summed E-state index contributed by atoms with van der Waals surface area (Å²) in [6, 6.07) is 8.86. The maximum Gasteiger partial charge on any atom is 0.0237 e. The fraction of sp³-hybridized carbons (Fsp3) is 0.647. The topological polar surface area (TPSA) is 15.3 Å². The van der Waals surface area contributed by atoms with Crippen LogP contribution in [0.4, 0.5) is 0 Å². The molecule has 1 aromatic carbocycles. The first-order valence-corrected chi connectivity index (χ1v) is 7.60. The van der Waals surface area contributed by atoms with Crippen LogP contribution in [0, 0.1) is 5.41 Å². The van der Waals surface area contributed by atoms with Crippen LogP contribution in [-0.2, 0) is 13.1 Å². The van der Waals surface area contributed by atoms with Crippen LogP contribution >= 0.6 is 0 Å². The van der Waals surface area contributed by atoms with Crippen molar-refractivity contribution in [3.8, 4) is 0 Å². The molecule has 0 aromatic heterocycles. The average Bonchev–Trinajstić information content (AvgIpc) is 2.36. The van der Waals surface area contributed by atoms with Gasteiger partial charge in [-0.1, -0.05) is 45.0 Å². The highest BCUT2D eigenvalue weighted by atomic mass is 15.1. The molecule has 0 radical (unpaired) electrons. The van der Waals surface area contributed by atoms with E-state index in [1.54, 1.807) is 0 Å². The Balaban J connectivity index is 2.02. The third-order valence-electron chi connectivity index (χ3n) is 4.06. The fourth-order valence-electron chi connectivity index (χ4n) is 3.06. The van der Waals surface area contributed by atoms with Crippen LogP contribution in [0.1, 0.15) is 44.7 Å². The number of hydrogen-bond acceptors (Lipinski definition) is 2. The first-order valence-electron chi connectivity index (χ1n) is 7.60. The molecule has 0 amide bonds. The number of likely N-dealkylation sites (tertiary alicyclic amines) is 1. The summed E-state index contributed by atoms with van der Waals surface area (Å²) in [5, 5.41) is 3.44. The van der Waals surface area contributed by atoms with Gasteiger partial charge in [0.15, 0.2) is 0 Å². The van der Waals surface area contributed by atoms with Crippen LogP contribution in [0.3, 0.4) is 0 Å². The number of nitrogens with zero attached hydrogens (tertiary/aromatic N) is 1. The molecule has 19 heavy (non-hydrogen) atoms. The largest absolute Gasteiger partial charge is 0.313 e. The maximum absolute atomic E-state index is 3.44. The van der Waals surface area contributed by atoms with Crippen molar-refractivity contribution in [2.24, 2.45) is 5.41 Å². The van der Waals surface area contributed by atoms with E-state index in [1.807, 2.05) is 0 Å². The Kier molecular flexibility index (Phi) is 5.00. The van der Waals surface area contributed by atoms with Crippen LogP contribution in [0.5, 0.6) is 0 Å². The Labute approximate surface area is 118 Å². The Bertz CT molecular complexity index is 398. The molecule has 0 spiro atoms. The lowest BCUT2D eigenvalue weighted by Crippen LogP contribution is -2.39. The highest BCUT2D eigenvalue weighted by molar-refractivity contribution is 5.27.